The zero-order valence-electron chi connectivity index (χ0n) is 8.18. The number of allylic oxidation sites excluding steroid dienone is 1. The highest BCUT2D eigenvalue weighted by Crippen LogP contribution is 2.44. The molecule has 0 aromatic rings. The van der Waals surface area contributed by atoms with E-state index in [1.807, 2.05) is 0 Å². The predicted molar refractivity (Wildman–Crippen MR) is 54.9 cm³/mol. The Kier molecular flexibility index (Phi) is 2.66. The molecule has 0 radical (unpaired) electrons. The SMILES string of the molecule is CCO[C@@]12C=C(Cl)C[C@@H](CCC1)C2. The minimum atomic E-state index is 0.00694. The van der Waals surface area contributed by atoms with Gasteiger partial charge in [-0.05, 0) is 51.0 Å². The molecule has 0 spiro atoms. The fourth-order valence-corrected chi connectivity index (χ4v) is 3.19. The summed E-state index contributed by atoms with van der Waals surface area (Å²) in [6.07, 6.45) is 8.22. The van der Waals surface area contributed by atoms with Crippen LogP contribution in [0, 0.1) is 5.92 Å². The lowest BCUT2D eigenvalue weighted by Gasteiger charge is -2.42. The average Bonchev–Trinajstić information content (AvgIpc) is 2.02. The van der Waals surface area contributed by atoms with Gasteiger partial charge in [-0.1, -0.05) is 11.6 Å². The van der Waals surface area contributed by atoms with Crippen molar-refractivity contribution in [2.45, 2.75) is 44.6 Å². The van der Waals surface area contributed by atoms with Crippen molar-refractivity contribution in [3.05, 3.63) is 11.1 Å². The van der Waals surface area contributed by atoms with Crippen LogP contribution in [0.2, 0.25) is 0 Å². The van der Waals surface area contributed by atoms with Gasteiger partial charge in [0.1, 0.15) is 0 Å². The normalized spacial score (nSPS) is 38.6. The van der Waals surface area contributed by atoms with E-state index in [4.69, 9.17) is 16.3 Å². The largest absolute Gasteiger partial charge is 0.371 e. The van der Waals surface area contributed by atoms with E-state index in [0.717, 1.165) is 30.4 Å². The summed E-state index contributed by atoms with van der Waals surface area (Å²) < 4.78 is 5.85. The molecule has 2 atom stereocenters. The van der Waals surface area contributed by atoms with E-state index >= 15 is 0 Å². The van der Waals surface area contributed by atoms with E-state index in [1.54, 1.807) is 0 Å². The molecule has 0 saturated heterocycles. The molecule has 1 fully saturated rings. The molecule has 74 valence electrons. The third kappa shape index (κ3) is 1.92. The molecule has 2 bridgehead atoms. The summed E-state index contributed by atoms with van der Waals surface area (Å²) >= 11 is 6.13. The molecule has 0 aromatic heterocycles. The predicted octanol–water partition coefficient (Wildman–Crippen LogP) is 3.48. The maximum Gasteiger partial charge on any atom is 0.0879 e. The Balaban J connectivity index is 2.19. The molecule has 2 heteroatoms. The van der Waals surface area contributed by atoms with Crippen molar-refractivity contribution in [3.63, 3.8) is 0 Å². The number of rotatable bonds is 2. The second-order valence-corrected chi connectivity index (χ2v) is 4.74. The van der Waals surface area contributed by atoms with Gasteiger partial charge in [-0.25, -0.2) is 0 Å². The highest BCUT2D eigenvalue weighted by Gasteiger charge is 2.38. The van der Waals surface area contributed by atoms with Crippen LogP contribution in [0.4, 0.5) is 0 Å². The molecule has 0 amide bonds. The minimum absolute atomic E-state index is 0.00694. The van der Waals surface area contributed by atoms with Gasteiger partial charge in [0.25, 0.3) is 0 Å². The van der Waals surface area contributed by atoms with Gasteiger partial charge in [0.15, 0.2) is 0 Å². The number of ether oxygens (including phenoxy) is 1. The van der Waals surface area contributed by atoms with Crippen molar-refractivity contribution in [1.82, 2.24) is 0 Å². The molecule has 2 aliphatic rings. The van der Waals surface area contributed by atoms with Crippen LogP contribution in [0.15, 0.2) is 11.1 Å². The minimum Gasteiger partial charge on any atom is -0.371 e. The van der Waals surface area contributed by atoms with Crippen LogP contribution >= 0.6 is 11.6 Å². The van der Waals surface area contributed by atoms with Crippen molar-refractivity contribution in [2.24, 2.45) is 5.92 Å². The van der Waals surface area contributed by atoms with Crippen molar-refractivity contribution in [1.29, 1.82) is 0 Å². The Morgan fingerprint density at radius 2 is 2.54 bits per heavy atom. The van der Waals surface area contributed by atoms with Gasteiger partial charge in [-0.15, -0.1) is 0 Å². The summed E-state index contributed by atoms with van der Waals surface area (Å²) in [7, 11) is 0. The van der Waals surface area contributed by atoms with Gasteiger partial charge in [-0.2, -0.15) is 0 Å². The first kappa shape index (κ1) is 9.54. The van der Waals surface area contributed by atoms with Crippen molar-refractivity contribution in [3.8, 4) is 0 Å². The summed E-state index contributed by atoms with van der Waals surface area (Å²) in [6.45, 7) is 2.86. The molecule has 2 rings (SSSR count). The molecule has 0 unspecified atom stereocenters. The van der Waals surface area contributed by atoms with Gasteiger partial charge >= 0.3 is 0 Å². The fraction of sp³-hybridized carbons (Fsp3) is 0.818. The highest BCUT2D eigenvalue weighted by molar-refractivity contribution is 6.29. The zero-order chi connectivity index (χ0) is 9.31. The van der Waals surface area contributed by atoms with Gasteiger partial charge in [0, 0.05) is 11.6 Å². The number of hydrogen-bond acceptors (Lipinski definition) is 1. The third-order valence-electron chi connectivity index (χ3n) is 3.18. The van der Waals surface area contributed by atoms with Gasteiger partial charge < -0.3 is 4.74 Å². The monoisotopic (exact) mass is 200 g/mol. The van der Waals surface area contributed by atoms with Crippen LogP contribution in [0.1, 0.15) is 39.0 Å². The zero-order valence-corrected chi connectivity index (χ0v) is 8.94. The summed E-state index contributed by atoms with van der Waals surface area (Å²) in [5.74, 6) is 0.776. The Morgan fingerprint density at radius 3 is 3.31 bits per heavy atom. The lowest BCUT2D eigenvalue weighted by Crippen LogP contribution is -2.39. The van der Waals surface area contributed by atoms with E-state index in [1.165, 1.54) is 19.3 Å². The number of fused-ring (bicyclic) bond motifs is 2. The van der Waals surface area contributed by atoms with E-state index in [0.29, 0.717) is 0 Å². The molecule has 1 nitrogen and oxygen atoms in total. The average molecular weight is 201 g/mol. The lowest BCUT2D eigenvalue weighted by molar-refractivity contribution is -0.0466. The summed E-state index contributed by atoms with van der Waals surface area (Å²) in [5.41, 5.74) is 0.00694. The van der Waals surface area contributed by atoms with Crippen molar-refractivity contribution < 1.29 is 4.74 Å². The molecule has 0 aliphatic heterocycles. The van der Waals surface area contributed by atoms with Gasteiger partial charge in [0.2, 0.25) is 0 Å². The topological polar surface area (TPSA) is 9.23 Å². The van der Waals surface area contributed by atoms with E-state index < -0.39 is 0 Å². The quantitative estimate of drug-likeness (QED) is 0.663. The summed E-state index contributed by atoms with van der Waals surface area (Å²) in [6, 6.07) is 0. The lowest BCUT2D eigenvalue weighted by atomic mass is 9.73. The summed E-state index contributed by atoms with van der Waals surface area (Å²) in [5, 5.41) is 1.02. The van der Waals surface area contributed by atoms with Crippen molar-refractivity contribution >= 4 is 11.6 Å². The van der Waals surface area contributed by atoms with Gasteiger partial charge in [0.05, 0.1) is 5.60 Å². The smallest absolute Gasteiger partial charge is 0.0879 e. The molecule has 13 heavy (non-hydrogen) atoms. The van der Waals surface area contributed by atoms with Crippen LogP contribution in [-0.2, 0) is 4.74 Å². The van der Waals surface area contributed by atoms with Gasteiger partial charge in [-0.3, -0.25) is 0 Å². The first-order valence-electron chi connectivity index (χ1n) is 5.25. The summed E-state index contributed by atoms with van der Waals surface area (Å²) in [4.78, 5) is 0. The Morgan fingerprint density at radius 1 is 1.69 bits per heavy atom. The second kappa shape index (κ2) is 3.62. The molecular formula is C11H17ClO. The molecule has 0 heterocycles. The molecular weight excluding hydrogens is 184 g/mol. The third-order valence-corrected chi connectivity index (χ3v) is 3.45. The fourth-order valence-electron chi connectivity index (χ4n) is 2.77. The Hall–Kier alpha value is -0.0100. The maximum atomic E-state index is 6.13. The maximum absolute atomic E-state index is 6.13. The first-order valence-corrected chi connectivity index (χ1v) is 5.63. The van der Waals surface area contributed by atoms with Crippen LogP contribution in [0.25, 0.3) is 0 Å². The van der Waals surface area contributed by atoms with Crippen LogP contribution in [0.3, 0.4) is 0 Å². The second-order valence-electron chi connectivity index (χ2n) is 4.26. The molecule has 1 saturated carbocycles. The van der Waals surface area contributed by atoms with E-state index in [2.05, 4.69) is 13.0 Å². The van der Waals surface area contributed by atoms with Crippen LogP contribution in [-0.4, -0.2) is 12.2 Å². The molecule has 0 aromatic carbocycles. The Labute approximate surface area is 85.1 Å². The number of hydrogen-bond donors (Lipinski definition) is 0. The molecule has 2 aliphatic carbocycles. The highest BCUT2D eigenvalue weighted by atomic mass is 35.5. The first-order chi connectivity index (χ1) is 6.24. The van der Waals surface area contributed by atoms with Crippen LogP contribution < -0.4 is 0 Å². The van der Waals surface area contributed by atoms with E-state index in [9.17, 15) is 0 Å². The molecule has 0 N–H and O–H groups in total. The Bertz CT molecular complexity index is 220. The van der Waals surface area contributed by atoms with E-state index in [-0.39, 0.29) is 5.60 Å². The number of halogens is 1. The standard InChI is InChI=1S/C11H17ClO/c1-2-13-11-5-3-4-9(7-11)6-10(12)8-11/h8-9H,2-7H2,1H3/t9-,11+/m1/s1. The van der Waals surface area contributed by atoms with Crippen LogP contribution in [0.5, 0.6) is 0 Å². The van der Waals surface area contributed by atoms with Crippen molar-refractivity contribution in [2.75, 3.05) is 6.61 Å².